The number of nitrogens with zero attached hydrogens (tertiary/aromatic N) is 1. The van der Waals surface area contributed by atoms with Crippen LogP contribution in [0.3, 0.4) is 0 Å². The zero-order chi connectivity index (χ0) is 13.0. The average molecular weight is 254 g/mol. The van der Waals surface area contributed by atoms with Crippen molar-refractivity contribution >= 4 is 0 Å². The first-order chi connectivity index (χ1) is 8.63. The summed E-state index contributed by atoms with van der Waals surface area (Å²) in [6, 6.07) is 1.41. The molecule has 106 valence electrons. The fourth-order valence-corrected chi connectivity index (χ4v) is 3.30. The van der Waals surface area contributed by atoms with Gasteiger partial charge in [-0.05, 0) is 52.6 Å². The molecule has 0 amide bonds. The van der Waals surface area contributed by atoms with E-state index in [2.05, 4.69) is 31.1 Å². The quantitative estimate of drug-likeness (QED) is 0.834. The Morgan fingerprint density at radius 2 is 2.17 bits per heavy atom. The Hall–Kier alpha value is -0.120. The minimum atomic E-state index is 0.108. The minimum Gasteiger partial charge on any atom is -0.375 e. The third kappa shape index (κ3) is 3.69. The highest BCUT2D eigenvalue weighted by Crippen LogP contribution is 2.30. The van der Waals surface area contributed by atoms with Crippen LogP contribution in [-0.4, -0.2) is 49.3 Å². The molecule has 0 bridgehead atoms. The van der Waals surface area contributed by atoms with Crippen molar-refractivity contribution < 1.29 is 4.74 Å². The molecule has 0 radical (unpaired) electrons. The second kappa shape index (κ2) is 6.36. The van der Waals surface area contributed by atoms with Crippen LogP contribution in [0.4, 0.5) is 0 Å². The van der Waals surface area contributed by atoms with Crippen molar-refractivity contribution in [2.45, 2.75) is 70.1 Å². The molecule has 2 aliphatic rings. The monoisotopic (exact) mass is 254 g/mol. The van der Waals surface area contributed by atoms with E-state index < -0.39 is 0 Å². The zero-order valence-corrected chi connectivity index (χ0v) is 12.4. The number of piperidine rings is 1. The number of likely N-dealkylation sites (N-methyl/N-ethyl adjacent to an activating group) is 1. The zero-order valence-electron chi connectivity index (χ0n) is 12.4. The molecule has 3 nitrogen and oxygen atoms in total. The van der Waals surface area contributed by atoms with E-state index in [1.165, 1.54) is 45.2 Å². The maximum atomic E-state index is 5.94. The molecule has 2 heterocycles. The van der Waals surface area contributed by atoms with Gasteiger partial charge < -0.3 is 15.0 Å². The molecule has 2 aliphatic heterocycles. The minimum absolute atomic E-state index is 0.108. The summed E-state index contributed by atoms with van der Waals surface area (Å²) in [4.78, 5) is 2.57. The molecule has 0 saturated carbocycles. The summed E-state index contributed by atoms with van der Waals surface area (Å²) in [6.45, 7) is 7.85. The molecule has 3 heteroatoms. The lowest BCUT2D eigenvalue weighted by Crippen LogP contribution is -2.50. The molecule has 0 aromatic carbocycles. The fraction of sp³-hybridized carbons (Fsp3) is 1.00. The van der Waals surface area contributed by atoms with Crippen LogP contribution < -0.4 is 5.32 Å². The van der Waals surface area contributed by atoms with Crippen LogP contribution in [0.25, 0.3) is 0 Å². The van der Waals surface area contributed by atoms with Gasteiger partial charge in [0.25, 0.3) is 0 Å². The van der Waals surface area contributed by atoms with Crippen molar-refractivity contribution in [3.63, 3.8) is 0 Å². The van der Waals surface area contributed by atoms with Crippen LogP contribution in [0.5, 0.6) is 0 Å². The molecule has 1 N–H and O–H groups in total. The molecule has 0 aliphatic carbocycles. The average Bonchev–Trinajstić information content (AvgIpc) is 2.40. The van der Waals surface area contributed by atoms with Crippen LogP contribution in [0.2, 0.25) is 0 Å². The maximum absolute atomic E-state index is 5.94. The van der Waals surface area contributed by atoms with Crippen molar-refractivity contribution in [2.24, 2.45) is 0 Å². The van der Waals surface area contributed by atoms with Crippen molar-refractivity contribution in [3.8, 4) is 0 Å². The van der Waals surface area contributed by atoms with Crippen molar-refractivity contribution in [1.29, 1.82) is 0 Å². The van der Waals surface area contributed by atoms with Gasteiger partial charge in [0, 0.05) is 25.2 Å². The van der Waals surface area contributed by atoms with E-state index in [9.17, 15) is 0 Å². The third-order valence-electron chi connectivity index (χ3n) is 4.86. The highest BCUT2D eigenvalue weighted by molar-refractivity contribution is 4.87. The van der Waals surface area contributed by atoms with Gasteiger partial charge in [-0.3, -0.25) is 0 Å². The SMILES string of the molecule is CCC1(C)CC(N(C)CC2CCCCN2)CCO1. The summed E-state index contributed by atoms with van der Waals surface area (Å²) in [7, 11) is 2.29. The molecular weight excluding hydrogens is 224 g/mol. The van der Waals surface area contributed by atoms with Crippen molar-refractivity contribution in [3.05, 3.63) is 0 Å². The summed E-state index contributed by atoms with van der Waals surface area (Å²) >= 11 is 0. The first kappa shape index (κ1) is 14.3. The summed E-state index contributed by atoms with van der Waals surface area (Å²) in [5.41, 5.74) is 0.108. The Kier molecular flexibility index (Phi) is 5.05. The number of hydrogen-bond donors (Lipinski definition) is 1. The van der Waals surface area contributed by atoms with Gasteiger partial charge >= 0.3 is 0 Å². The molecule has 0 spiro atoms. The van der Waals surface area contributed by atoms with Gasteiger partial charge in [-0.1, -0.05) is 13.3 Å². The highest BCUT2D eigenvalue weighted by atomic mass is 16.5. The first-order valence-corrected chi connectivity index (χ1v) is 7.70. The molecule has 2 rings (SSSR count). The summed E-state index contributed by atoms with van der Waals surface area (Å²) in [6.07, 6.45) is 7.60. The van der Waals surface area contributed by atoms with Crippen molar-refractivity contribution in [1.82, 2.24) is 10.2 Å². The van der Waals surface area contributed by atoms with E-state index in [0.717, 1.165) is 13.0 Å². The van der Waals surface area contributed by atoms with Gasteiger partial charge in [0.15, 0.2) is 0 Å². The van der Waals surface area contributed by atoms with Gasteiger partial charge in [0.2, 0.25) is 0 Å². The van der Waals surface area contributed by atoms with Crippen LogP contribution >= 0.6 is 0 Å². The maximum Gasteiger partial charge on any atom is 0.0666 e. The van der Waals surface area contributed by atoms with E-state index in [4.69, 9.17) is 4.74 Å². The van der Waals surface area contributed by atoms with Crippen LogP contribution in [-0.2, 0) is 4.74 Å². The van der Waals surface area contributed by atoms with Gasteiger partial charge in [-0.15, -0.1) is 0 Å². The summed E-state index contributed by atoms with van der Waals surface area (Å²) < 4.78 is 5.94. The summed E-state index contributed by atoms with van der Waals surface area (Å²) in [5, 5.41) is 3.65. The third-order valence-corrected chi connectivity index (χ3v) is 4.86. The smallest absolute Gasteiger partial charge is 0.0666 e. The fourth-order valence-electron chi connectivity index (χ4n) is 3.30. The van der Waals surface area contributed by atoms with Gasteiger partial charge in [-0.25, -0.2) is 0 Å². The Bertz CT molecular complexity index is 253. The molecule has 3 atom stereocenters. The van der Waals surface area contributed by atoms with E-state index in [0.29, 0.717) is 12.1 Å². The van der Waals surface area contributed by atoms with Gasteiger partial charge in [0.1, 0.15) is 0 Å². The largest absolute Gasteiger partial charge is 0.375 e. The molecular formula is C15H30N2O. The van der Waals surface area contributed by atoms with Crippen LogP contribution in [0.15, 0.2) is 0 Å². The predicted octanol–water partition coefficient (Wildman–Crippen LogP) is 2.41. The number of hydrogen-bond acceptors (Lipinski definition) is 3. The Balaban J connectivity index is 1.82. The number of nitrogens with one attached hydrogen (secondary N) is 1. The Morgan fingerprint density at radius 3 is 2.83 bits per heavy atom. The lowest BCUT2D eigenvalue weighted by Gasteiger charge is -2.42. The second-order valence-electron chi connectivity index (χ2n) is 6.38. The Morgan fingerprint density at radius 1 is 1.33 bits per heavy atom. The molecule has 0 aromatic heterocycles. The lowest BCUT2D eigenvalue weighted by atomic mass is 9.89. The van der Waals surface area contributed by atoms with E-state index in [-0.39, 0.29) is 5.60 Å². The Labute approximate surface area is 112 Å². The number of ether oxygens (including phenoxy) is 1. The lowest BCUT2D eigenvalue weighted by molar-refractivity contribution is -0.0943. The molecule has 2 saturated heterocycles. The topological polar surface area (TPSA) is 24.5 Å². The van der Waals surface area contributed by atoms with Gasteiger partial charge in [0.05, 0.1) is 5.60 Å². The first-order valence-electron chi connectivity index (χ1n) is 7.70. The molecule has 18 heavy (non-hydrogen) atoms. The van der Waals surface area contributed by atoms with Crippen molar-refractivity contribution in [2.75, 3.05) is 26.7 Å². The highest BCUT2D eigenvalue weighted by Gasteiger charge is 2.33. The predicted molar refractivity (Wildman–Crippen MR) is 75.9 cm³/mol. The normalized spacial score (nSPS) is 38.0. The molecule has 2 fully saturated rings. The van der Waals surface area contributed by atoms with Crippen LogP contribution in [0, 0.1) is 0 Å². The standard InChI is InChI=1S/C15H30N2O/c1-4-15(2)11-14(8-10-18-15)17(3)12-13-7-5-6-9-16-13/h13-14,16H,4-12H2,1-3H3. The van der Waals surface area contributed by atoms with E-state index in [1.807, 2.05) is 0 Å². The second-order valence-corrected chi connectivity index (χ2v) is 6.38. The van der Waals surface area contributed by atoms with E-state index in [1.54, 1.807) is 0 Å². The molecule has 0 aromatic rings. The van der Waals surface area contributed by atoms with Gasteiger partial charge in [-0.2, -0.15) is 0 Å². The summed E-state index contributed by atoms with van der Waals surface area (Å²) in [5.74, 6) is 0. The van der Waals surface area contributed by atoms with Crippen LogP contribution in [0.1, 0.15) is 52.4 Å². The molecule has 3 unspecified atom stereocenters. The number of rotatable bonds is 4. The van der Waals surface area contributed by atoms with E-state index >= 15 is 0 Å².